The Kier molecular flexibility index (Phi) is 3.82. The normalized spacial score (nSPS) is 15.4. The third-order valence-corrected chi connectivity index (χ3v) is 4.37. The number of hydrogen-bond donors (Lipinski definition) is 0. The number of aromatic nitrogens is 2. The van der Waals surface area contributed by atoms with Crippen molar-refractivity contribution < 1.29 is 9.47 Å². The van der Waals surface area contributed by atoms with Gasteiger partial charge in [0.1, 0.15) is 12.1 Å². The Hall–Kier alpha value is -1.69. The maximum atomic E-state index is 5.38. The fraction of sp³-hybridized carbons (Fsp3) is 0.429. The summed E-state index contributed by atoms with van der Waals surface area (Å²) in [6.07, 6.45) is 1.62. The molecule has 2 aromatic rings. The van der Waals surface area contributed by atoms with Crippen LogP contribution < -0.4 is 14.4 Å². The molecule has 20 heavy (non-hydrogen) atoms. The number of rotatable bonds is 3. The summed E-state index contributed by atoms with van der Waals surface area (Å²) in [6, 6.07) is 3.86. The molecule has 5 nitrogen and oxygen atoms in total. The lowest BCUT2D eigenvalue weighted by Crippen LogP contribution is -2.33. The summed E-state index contributed by atoms with van der Waals surface area (Å²) >= 11 is 1.98. The Labute approximate surface area is 122 Å². The van der Waals surface area contributed by atoms with Gasteiger partial charge in [-0.15, -0.1) is 0 Å². The van der Waals surface area contributed by atoms with Gasteiger partial charge in [-0.1, -0.05) is 0 Å². The van der Waals surface area contributed by atoms with Gasteiger partial charge in [0.15, 0.2) is 11.5 Å². The van der Waals surface area contributed by atoms with E-state index < -0.39 is 0 Å². The molecule has 0 spiro atoms. The highest BCUT2D eigenvalue weighted by Crippen LogP contribution is 2.35. The molecule has 0 aliphatic carbocycles. The zero-order valence-corrected chi connectivity index (χ0v) is 12.4. The zero-order chi connectivity index (χ0) is 13.9. The number of methoxy groups -OCH3 is 2. The first-order valence-corrected chi connectivity index (χ1v) is 7.68. The standard InChI is InChI=1S/C14H17N3O2S/c1-18-12-7-10-11(8-13(12)19-2)15-9-16-14(10)17-3-5-20-6-4-17/h7-9H,3-6H2,1-2H3. The molecule has 0 saturated carbocycles. The molecule has 0 bridgehead atoms. The third kappa shape index (κ3) is 2.35. The molecule has 6 heteroatoms. The summed E-state index contributed by atoms with van der Waals surface area (Å²) in [4.78, 5) is 11.1. The van der Waals surface area contributed by atoms with Gasteiger partial charge < -0.3 is 14.4 Å². The lowest BCUT2D eigenvalue weighted by Gasteiger charge is -2.28. The second-order valence-electron chi connectivity index (χ2n) is 4.52. The minimum Gasteiger partial charge on any atom is -0.493 e. The predicted molar refractivity (Wildman–Crippen MR) is 82.2 cm³/mol. The molecule has 1 saturated heterocycles. The second kappa shape index (κ2) is 5.75. The van der Waals surface area contributed by atoms with E-state index in [2.05, 4.69) is 14.9 Å². The fourth-order valence-corrected chi connectivity index (χ4v) is 3.30. The predicted octanol–water partition coefficient (Wildman–Crippen LogP) is 2.20. The number of anilines is 1. The topological polar surface area (TPSA) is 47.5 Å². The van der Waals surface area contributed by atoms with Crippen molar-refractivity contribution in [2.75, 3.05) is 43.7 Å². The Morgan fingerprint density at radius 3 is 2.45 bits per heavy atom. The summed E-state index contributed by atoms with van der Waals surface area (Å²) in [6.45, 7) is 2.04. The number of hydrogen-bond acceptors (Lipinski definition) is 6. The van der Waals surface area contributed by atoms with E-state index in [4.69, 9.17) is 9.47 Å². The van der Waals surface area contributed by atoms with Crippen molar-refractivity contribution in [1.29, 1.82) is 0 Å². The number of fused-ring (bicyclic) bond motifs is 1. The van der Waals surface area contributed by atoms with Gasteiger partial charge >= 0.3 is 0 Å². The van der Waals surface area contributed by atoms with E-state index >= 15 is 0 Å². The molecular formula is C14H17N3O2S. The Morgan fingerprint density at radius 2 is 1.75 bits per heavy atom. The van der Waals surface area contributed by atoms with Crippen molar-refractivity contribution >= 4 is 28.5 Å². The maximum Gasteiger partial charge on any atom is 0.162 e. The number of benzene rings is 1. The molecule has 1 aromatic carbocycles. The molecule has 1 aromatic heterocycles. The van der Waals surface area contributed by atoms with Gasteiger partial charge in [0.2, 0.25) is 0 Å². The van der Waals surface area contributed by atoms with Crippen LogP contribution in [0.5, 0.6) is 11.5 Å². The third-order valence-electron chi connectivity index (χ3n) is 3.43. The van der Waals surface area contributed by atoms with Crippen molar-refractivity contribution in [3.8, 4) is 11.5 Å². The van der Waals surface area contributed by atoms with Crippen molar-refractivity contribution in [3.63, 3.8) is 0 Å². The van der Waals surface area contributed by atoms with Gasteiger partial charge in [-0.05, 0) is 6.07 Å². The maximum absolute atomic E-state index is 5.38. The van der Waals surface area contributed by atoms with E-state index in [0.29, 0.717) is 11.5 Å². The number of thioether (sulfide) groups is 1. The fourth-order valence-electron chi connectivity index (χ4n) is 2.40. The van der Waals surface area contributed by atoms with Crippen LogP contribution in [0.4, 0.5) is 5.82 Å². The summed E-state index contributed by atoms with van der Waals surface area (Å²) in [5.74, 6) is 4.66. The lowest BCUT2D eigenvalue weighted by molar-refractivity contribution is 0.356. The summed E-state index contributed by atoms with van der Waals surface area (Å²) in [5, 5.41) is 1.01. The Balaban J connectivity index is 2.12. The van der Waals surface area contributed by atoms with Crippen molar-refractivity contribution in [2.45, 2.75) is 0 Å². The SMILES string of the molecule is COc1cc2ncnc(N3CCSCC3)c2cc1OC. The second-order valence-corrected chi connectivity index (χ2v) is 5.75. The van der Waals surface area contributed by atoms with Crippen LogP contribution in [0.3, 0.4) is 0 Å². The average Bonchev–Trinajstić information content (AvgIpc) is 2.53. The molecule has 1 fully saturated rings. The Morgan fingerprint density at radius 1 is 1.05 bits per heavy atom. The van der Waals surface area contributed by atoms with E-state index in [-0.39, 0.29) is 0 Å². The largest absolute Gasteiger partial charge is 0.493 e. The average molecular weight is 291 g/mol. The van der Waals surface area contributed by atoms with Crippen LogP contribution in [0.25, 0.3) is 10.9 Å². The summed E-state index contributed by atoms with van der Waals surface area (Å²) in [5.41, 5.74) is 0.880. The first-order chi connectivity index (χ1) is 9.83. The van der Waals surface area contributed by atoms with E-state index in [1.165, 1.54) is 0 Å². The summed E-state index contributed by atoms with van der Waals surface area (Å²) in [7, 11) is 3.28. The van der Waals surface area contributed by atoms with Crippen molar-refractivity contribution in [2.24, 2.45) is 0 Å². The molecule has 3 rings (SSSR count). The minimum absolute atomic E-state index is 0.693. The molecule has 2 heterocycles. The van der Waals surface area contributed by atoms with Crippen LogP contribution in [0, 0.1) is 0 Å². The van der Waals surface area contributed by atoms with E-state index in [1.807, 2.05) is 23.9 Å². The first kappa shape index (κ1) is 13.3. The molecule has 0 unspecified atom stereocenters. The lowest BCUT2D eigenvalue weighted by atomic mass is 10.2. The minimum atomic E-state index is 0.693. The van der Waals surface area contributed by atoms with Crippen LogP contribution >= 0.6 is 11.8 Å². The van der Waals surface area contributed by atoms with E-state index in [9.17, 15) is 0 Å². The molecule has 1 aliphatic rings. The molecule has 1 aliphatic heterocycles. The Bertz CT molecular complexity index is 615. The van der Waals surface area contributed by atoms with Gasteiger partial charge in [-0.2, -0.15) is 11.8 Å². The first-order valence-electron chi connectivity index (χ1n) is 6.53. The number of nitrogens with zero attached hydrogens (tertiary/aromatic N) is 3. The zero-order valence-electron chi connectivity index (χ0n) is 11.6. The quantitative estimate of drug-likeness (QED) is 0.864. The molecule has 106 valence electrons. The van der Waals surface area contributed by atoms with Gasteiger partial charge in [0, 0.05) is 36.0 Å². The number of ether oxygens (including phenoxy) is 2. The molecule has 0 N–H and O–H groups in total. The van der Waals surface area contributed by atoms with Crippen LogP contribution in [0.1, 0.15) is 0 Å². The van der Waals surface area contributed by atoms with Gasteiger partial charge in [0.25, 0.3) is 0 Å². The highest BCUT2D eigenvalue weighted by atomic mass is 32.2. The highest BCUT2D eigenvalue weighted by Gasteiger charge is 2.17. The summed E-state index contributed by atoms with van der Waals surface area (Å²) < 4.78 is 10.7. The van der Waals surface area contributed by atoms with Gasteiger partial charge in [0.05, 0.1) is 19.7 Å². The molecule has 0 atom stereocenters. The highest BCUT2D eigenvalue weighted by molar-refractivity contribution is 7.99. The van der Waals surface area contributed by atoms with Gasteiger partial charge in [-0.25, -0.2) is 9.97 Å². The monoisotopic (exact) mass is 291 g/mol. The van der Waals surface area contributed by atoms with Crippen LogP contribution in [0.15, 0.2) is 18.5 Å². The van der Waals surface area contributed by atoms with Crippen molar-refractivity contribution in [1.82, 2.24) is 9.97 Å². The smallest absolute Gasteiger partial charge is 0.162 e. The molecule has 0 radical (unpaired) electrons. The van der Waals surface area contributed by atoms with Gasteiger partial charge in [-0.3, -0.25) is 0 Å². The van der Waals surface area contributed by atoms with Crippen LogP contribution in [0.2, 0.25) is 0 Å². The van der Waals surface area contributed by atoms with Crippen LogP contribution in [-0.2, 0) is 0 Å². The van der Waals surface area contributed by atoms with Crippen molar-refractivity contribution in [3.05, 3.63) is 18.5 Å². The molecular weight excluding hydrogens is 274 g/mol. The molecule has 0 amide bonds. The van der Waals surface area contributed by atoms with Crippen LogP contribution in [-0.4, -0.2) is 48.8 Å². The van der Waals surface area contributed by atoms with E-state index in [1.54, 1.807) is 20.5 Å². The van der Waals surface area contributed by atoms with E-state index in [0.717, 1.165) is 41.3 Å².